The number of anilines is 1. The fraction of sp³-hybridized carbons (Fsp3) is 0. The number of hydrazone groups is 1. The smallest absolute Gasteiger partial charge is 0.244 e. The highest BCUT2D eigenvalue weighted by Gasteiger charge is 2.11. The molecule has 0 fully saturated rings. The predicted molar refractivity (Wildman–Crippen MR) is 112 cm³/mol. The van der Waals surface area contributed by atoms with Crippen molar-refractivity contribution < 1.29 is 5.11 Å². The lowest BCUT2D eigenvalue weighted by Gasteiger charge is -2.09. The SMILES string of the molecule is Oc1ccccc1-c1cc(-c2ccccc2)nc(NN=Cc2ccccc2)n1. The first-order valence-corrected chi connectivity index (χ1v) is 8.86. The van der Waals surface area contributed by atoms with E-state index in [2.05, 4.69) is 20.5 Å². The maximum Gasteiger partial charge on any atom is 0.244 e. The number of hydrogen-bond acceptors (Lipinski definition) is 5. The van der Waals surface area contributed by atoms with Crippen LogP contribution in [0.4, 0.5) is 5.95 Å². The summed E-state index contributed by atoms with van der Waals surface area (Å²) >= 11 is 0. The Morgan fingerprint density at radius 3 is 2.14 bits per heavy atom. The molecule has 4 rings (SSSR count). The zero-order valence-electron chi connectivity index (χ0n) is 15.0. The summed E-state index contributed by atoms with van der Waals surface area (Å²) in [6.45, 7) is 0. The largest absolute Gasteiger partial charge is 0.507 e. The van der Waals surface area contributed by atoms with E-state index in [0.717, 1.165) is 16.8 Å². The molecule has 0 aliphatic rings. The van der Waals surface area contributed by atoms with Gasteiger partial charge in [-0.15, -0.1) is 0 Å². The van der Waals surface area contributed by atoms with E-state index in [4.69, 9.17) is 0 Å². The Labute approximate surface area is 163 Å². The maximum absolute atomic E-state index is 10.2. The van der Waals surface area contributed by atoms with E-state index in [-0.39, 0.29) is 5.75 Å². The molecular weight excluding hydrogens is 348 g/mol. The summed E-state index contributed by atoms with van der Waals surface area (Å²) in [7, 11) is 0. The monoisotopic (exact) mass is 366 g/mol. The van der Waals surface area contributed by atoms with Crippen molar-refractivity contribution in [1.29, 1.82) is 0 Å². The fourth-order valence-corrected chi connectivity index (χ4v) is 2.79. The van der Waals surface area contributed by atoms with Gasteiger partial charge in [0.15, 0.2) is 0 Å². The fourth-order valence-electron chi connectivity index (χ4n) is 2.79. The lowest BCUT2D eigenvalue weighted by Crippen LogP contribution is -2.00. The van der Waals surface area contributed by atoms with Gasteiger partial charge in [0, 0.05) is 11.1 Å². The van der Waals surface area contributed by atoms with Gasteiger partial charge in [-0.25, -0.2) is 15.4 Å². The molecule has 0 amide bonds. The minimum atomic E-state index is 0.166. The van der Waals surface area contributed by atoms with Crippen LogP contribution in [0.15, 0.2) is 96.1 Å². The van der Waals surface area contributed by atoms with Gasteiger partial charge in [0.05, 0.1) is 17.6 Å². The lowest BCUT2D eigenvalue weighted by molar-refractivity contribution is 0.477. The Morgan fingerprint density at radius 1 is 0.750 bits per heavy atom. The molecule has 136 valence electrons. The highest BCUT2D eigenvalue weighted by Crippen LogP contribution is 2.30. The third-order valence-corrected chi connectivity index (χ3v) is 4.15. The summed E-state index contributed by atoms with van der Waals surface area (Å²) < 4.78 is 0. The zero-order chi connectivity index (χ0) is 19.2. The van der Waals surface area contributed by atoms with Crippen LogP contribution < -0.4 is 5.43 Å². The van der Waals surface area contributed by atoms with E-state index in [1.165, 1.54) is 0 Å². The van der Waals surface area contributed by atoms with Crippen LogP contribution in [-0.2, 0) is 0 Å². The van der Waals surface area contributed by atoms with Crippen molar-refractivity contribution in [2.24, 2.45) is 5.10 Å². The second-order valence-corrected chi connectivity index (χ2v) is 6.13. The molecule has 0 unspecified atom stereocenters. The second-order valence-electron chi connectivity index (χ2n) is 6.13. The van der Waals surface area contributed by atoms with Crippen LogP contribution in [0.1, 0.15) is 5.56 Å². The van der Waals surface area contributed by atoms with Gasteiger partial charge < -0.3 is 5.11 Å². The van der Waals surface area contributed by atoms with Gasteiger partial charge in [-0.3, -0.25) is 0 Å². The normalized spacial score (nSPS) is 10.9. The molecule has 0 aliphatic heterocycles. The van der Waals surface area contributed by atoms with Gasteiger partial charge in [-0.1, -0.05) is 72.8 Å². The molecule has 0 spiro atoms. The van der Waals surface area contributed by atoms with Gasteiger partial charge in [0.2, 0.25) is 5.95 Å². The van der Waals surface area contributed by atoms with Crippen molar-refractivity contribution in [3.63, 3.8) is 0 Å². The Bertz CT molecular complexity index is 1100. The van der Waals surface area contributed by atoms with Crippen LogP contribution in [0.5, 0.6) is 5.75 Å². The van der Waals surface area contributed by atoms with Gasteiger partial charge in [0.1, 0.15) is 5.75 Å². The van der Waals surface area contributed by atoms with Crippen molar-refractivity contribution >= 4 is 12.2 Å². The van der Waals surface area contributed by atoms with Gasteiger partial charge in [-0.2, -0.15) is 5.10 Å². The van der Waals surface area contributed by atoms with Crippen LogP contribution in [0.3, 0.4) is 0 Å². The third-order valence-electron chi connectivity index (χ3n) is 4.15. The Kier molecular flexibility index (Phi) is 5.06. The van der Waals surface area contributed by atoms with Gasteiger partial charge in [0.25, 0.3) is 0 Å². The average molecular weight is 366 g/mol. The van der Waals surface area contributed by atoms with Crippen molar-refractivity contribution in [2.75, 3.05) is 5.43 Å². The molecule has 4 aromatic rings. The molecule has 2 N–H and O–H groups in total. The number of aromatic nitrogens is 2. The highest BCUT2D eigenvalue weighted by molar-refractivity contribution is 5.80. The molecule has 0 saturated heterocycles. The number of phenols is 1. The van der Waals surface area contributed by atoms with E-state index in [1.54, 1.807) is 18.3 Å². The van der Waals surface area contributed by atoms with Crippen molar-refractivity contribution in [2.45, 2.75) is 0 Å². The Balaban J connectivity index is 1.72. The van der Waals surface area contributed by atoms with Gasteiger partial charge >= 0.3 is 0 Å². The molecule has 0 atom stereocenters. The first-order valence-electron chi connectivity index (χ1n) is 8.86. The second kappa shape index (κ2) is 8.14. The van der Waals surface area contributed by atoms with E-state index in [9.17, 15) is 5.11 Å². The third kappa shape index (κ3) is 4.04. The van der Waals surface area contributed by atoms with Crippen molar-refractivity contribution in [3.8, 4) is 28.3 Å². The van der Waals surface area contributed by atoms with Crippen LogP contribution in [0.2, 0.25) is 0 Å². The zero-order valence-corrected chi connectivity index (χ0v) is 15.0. The summed E-state index contributed by atoms with van der Waals surface area (Å²) in [6.07, 6.45) is 1.71. The number of rotatable bonds is 5. The maximum atomic E-state index is 10.2. The highest BCUT2D eigenvalue weighted by atomic mass is 16.3. The molecule has 5 nitrogen and oxygen atoms in total. The Morgan fingerprint density at radius 2 is 1.39 bits per heavy atom. The minimum Gasteiger partial charge on any atom is -0.507 e. The van der Waals surface area contributed by atoms with Gasteiger partial charge in [-0.05, 0) is 23.8 Å². The average Bonchev–Trinajstić information content (AvgIpc) is 2.75. The molecule has 3 aromatic carbocycles. The molecule has 0 radical (unpaired) electrons. The molecular formula is C23H18N4O. The molecule has 0 saturated carbocycles. The van der Waals surface area contributed by atoms with Crippen LogP contribution in [0.25, 0.3) is 22.5 Å². The lowest BCUT2D eigenvalue weighted by atomic mass is 10.1. The summed E-state index contributed by atoms with van der Waals surface area (Å²) in [4.78, 5) is 9.10. The summed E-state index contributed by atoms with van der Waals surface area (Å²) in [5.74, 6) is 0.519. The number of aromatic hydroxyl groups is 1. The van der Waals surface area contributed by atoms with Crippen LogP contribution >= 0.6 is 0 Å². The number of para-hydroxylation sites is 1. The molecule has 0 aliphatic carbocycles. The van der Waals surface area contributed by atoms with E-state index < -0.39 is 0 Å². The minimum absolute atomic E-state index is 0.166. The van der Waals surface area contributed by atoms with E-state index >= 15 is 0 Å². The quantitative estimate of drug-likeness (QED) is 0.387. The van der Waals surface area contributed by atoms with Crippen molar-refractivity contribution in [1.82, 2.24) is 9.97 Å². The molecule has 1 heterocycles. The molecule has 1 aromatic heterocycles. The topological polar surface area (TPSA) is 70.4 Å². The van der Waals surface area contributed by atoms with Crippen LogP contribution in [0, 0.1) is 0 Å². The van der Waals surface area contributed by atoms with Crippen molar-refractivity contribution in [3.05, 3.63) is 96.6 Å². The number of benzene rings is 3. The Hall–Kier alpha value is -3.99. The van der Waals surface area contributed by atoms with E-state index in [1.807, 2.05) is 78.9 Å². The molecule has 0 bridgehead atoms. The summed E-state index contributed by atoms with van der Waals surface area (Å²) in [5, 5.41) is 14.5. The first kappa shape index (κ1) is 17.4. The summed E-state index contributed by atoms with van der Waals surface area (Å²) in [5.41, 5.74) is 6.81. The summed E-state index contributed by atoms with van der Waals surface area (Å²) in [6, 6.07) is 28.6. The molecule has 5 heteroatoms. The first-order chi connectivity index (χ1) is 13.8. The molecule has 28 heavy (non-hydrogen) atoms. The number of nitrogens with one attached hydrogen (secondary N) is 1. The van der Waals surface area contributed by atoms with E-state index in [0.29, 0.717) is 17.2 Å². The number of phenolic OH excluding ortho intramolecular Hbond substituents is 1. The van der Waals surface area contributed by atoms with Crippen LogP contribution in [-0.4, -0.2) is 21.3 Å². The number of nitrogens with zero attached hydrogens (tertiary/aromatic N) is 3. The predicted octanol–water partition coefficient (Wildman–Crippen LogP) is 4.96. The standard InChI is InChI=1S/C23H18N4O/c28-22-14-8-7-13-19(22)21-15-20(18-11-5-2-6-12-18)25-23(26-21)27-24-16-17-9-3-1-4-10-17/h1-16,28H,(H,25,26,27). The number of hydrogen-bond donors (Lipinski definition) is 2.